The summed E-state index contributed by atoms with van der Waals surface area (Å²) in [5.41, 5.74) is 1.50. The summed E-state index contributed by atoms with van der Waals surface area (Å²) in [6.07, 6.45) is -5.05. The number of amides is 2. The third kappa shape index (κ3) is 3.56. The van der Waals surface area contributed by atoms with Gasteiger partial charge in [-0.3, -0.25) is 24.3 Å². The molecule has 2 amide bonds. The number of carbonyl (C=O) groups excluding carboxylic acids is 2. The highest BCUT2D eigenvalue weighted by atomic mass is 19.4. The molecule has 1 aliphatic rings. The molecule has 0 radical (unpaired) electrons. The number of nitrogens with two attached hydrogens (primary N) is 1. The molecule has 3 N–H and O–H groups in total. The minimum atomic E-state index is -5.05. The van der Waals surface area contributed by atoms with E-state index in [1.54, 1.807) is 0 Å². The molecule has 0 atom stereocenters. The van der Waals surface area contributed by atoms with Gasteiger partial charge in [-0.1, -0.05) is 6.07 Å². The van der Waals surface area contributed by atoms with E-state index in [-0.39, 0.29) is 17.7 Å². The Morgan fingerprint density at radius 2 is 1.55 bits per heavy atom. The Morgan fingerprint density at radius 1 is 0.909 bits per heavy atom. The van der Waals surface area contributed by atoms with E-state index in [0.29, 0.717) is 10.6 Å². The van der Waals surface area contributed by atoms with Gasteiger partial charge in [0.05, 0.1) is 16.7 Å². The number of benzene rings is 2. The van der Waals surface area contributed by atoms with Gasteiger partial charge in [-0.15, -0.1) is 0 Å². The number of para-hydroxylation sites is 1. The lowest BCUT2D eigenvalue weighted by Gasteiger charge is -2.17. The van der Waals surface area contributed by atoms with Gasteiger partial charge in [0, 0.05) is 6.07 Å². The lowest BCUT2D eigenvalue weighted by molar-refractivity contribution is -0.138. The number of anilines is 1. The lowest BCUT2D eigenvalue weighted by Crippen LogP contribution is -2.25. The molecule has 0 bridgehead atoms. The maximum atomic E-state index is 14.7. The molecule has 4 rings (SSSR count). The topological polar surface area (TPSA) is 103 Å². The van der Waals surface area contributed by atoms with Crippen LogP contribution >= 0.6 is 0 Å². The summed E-state index contributed by atoms with van der Waals surface area (Å²) < 4.78 is 87.0. The summed E-state index contributed by atoms with van der Waals surface area (Å²) in [5, 5.41) is 1.90. The quantitative estimate of drug-likeness (QED) is 0.451. The molecule has 170 valence electrons. The van der Waals surface area contributed by atoms with Crippen molar-refractivity contribution in [2.45, 2.75) is 6.18 Å². The summed E-state index contributed by atoms with van der Waals surface area (Å²) in [5.74, 6) is -9.29. The zero-order chi connectivity index (χ0) is 24.2. The fourth-order valence-electron chi connectivity index (χ4n) is 3.24. The number of nitrogen functional groups attached to an aromatic ring is 1. The van der Waals surface area contributed by atoms with Crippen LogP contribution in [0.15, 0.2) is 41.2 Å². The van der Waals surface area contributed by atoms with E-state index in [9.17, 15) is 40.7 Å². The first kappa shape index (κ1) is 21.9. The van der Waals surface area contributed by atoms with E-state index in [1.807, 2.05) is 5.32 Å². The molecule has 0 fully saturated rings. The number of ether oxygens (including phenoxy) is 1. The Morgan fingerprint density at radius 3 is 2.15 bits per heavy atom. The third-order valence-corrected chi connectivity index (χ3v) is 4.66. The molecule has 0 saturated carbocycles. The fourth-order valence-corrected chi connectivity index (χ4v) is 3.24. The molecule has 0 aliphatic carbocycles. The van der Waals surface area contributed by atoms with Gasteiger partial charge < -0.3 is 10.5 Å². The van der Waals surface area contributed by atoms with Crippen molar-refractivity contribution < 1.29 is 40.7 Å². The van der Waals surface area contributed by atoms with Gasteiger partial charge in [0.1, 0.15) is 11.5 Å². The summed E-state index contributed by atoms with van der Waals surface area (Å²) >= 11 is 0. The molecule has 0 saturated heterocycles. The first-order chi connectivity index (χ1) is 15.4. The van der Waals surface area contributed by atoms with Crippen LogP contribution in [0, 0.1) is 17.5 Å². The number of nitrogens with zero attached hydrogens (tertiary/aromatic N) is 1. The first-order valence-electron chi connectivity index (χ1n) is 8.84. The van der Waals surface area contributed by atoms with Crippen molar-refractivity contribution in [2.75, 3.05) is 5.73 Å². The average molecular weight is 469 g/mol. The van der Waals surface area contributed by atoms with Crippen molar-refractivity contribution in [3.8, 4) is 17.2 Å². The van der Waals surface area contributed by atoms with Gasteiger partial charge in [-0.25, -0.2) is 13.2 Å². The van der Waals surface area contributed by atoms with Gasteiger partial charge in [-0.05, 0) is 24.3 Å². The molecule has 1 aliphatic heterocycles. The highest BCUT2D eigenvalue weighted by Crippen LogP contribution is 2.38. The van der Waals surface area contributed by atoms with Gasteiger partial charge in [0.25, 0.3) is 17.4 Å². The molecule has 2 aromatic carbocycles. The first-order valence-corrected chi connectivity index (χ1v) is 8.84. The smallest absolute Gasteiger partial charge is 0.416 e. The second-order valence-corrected chi connectivity index (χ2v) is 6.73. The van der Waals surface area contributed by atoms with Gasteiger partial charge in [0.15, 0.2) is 29.0 Å². The molecular formula is C20H9F6N3O4. The van der Waals surface area contributed by atoms with Crippen LogP contribution in [0.5, 0.6) is 11.5 Å². The summed E-state index contributed by atoms with van der Waals surface area (Å²) in [6, 6.07) is 3.46. The molecule has 2 heterocycles. The number of halogens is 6. The normalized spacial score (nSPS) is 13.2. The summed E-state index contributed by atoms with van der Waals surface area (Å²) in [6.45, 7) is 0. The second-order valence-electron chi connectivity index (χ2n) is 6.73. The van der Waals surface area contributed by atoms with Gasteiger partial charge >= 0.3 is 6.18 Å². The summed E-state index contributed by atoms with van der Waals surface area (Å²) in [7, 11) is 0. The Balaban J connectivity index is 1.90. The highest BCUT2D eigenvalue weighted by molar-refractivity contribution is 6.23. The average Bonchev–Trinajstić information content (AvgIpc) is 2.98. The van der Waals surface area contributed by atoms with E-state index in [0.717, 1.165) is 18.2 Å². The number of nitrogens with one attached hydrogen (secondary N) is 1. The molecule has 0 unspecified atom stereocenters. The molecule has 33 heavy (non-hydrogen) atoms. The largest absolute Gasteiger partial charge is 0.449 e. The number of fused-ring (bicyclic) bond motifs is 1. The SMILES string of the molecule is Nc1c2c(cc(=O)n1-c1c(F)cccc1Oc1c(F)cc(C(F)(F)F)cc1F)C(=O)NC2=O. The monoisotopic (exact) mass is 469 g/mol. The molecule has 1 aromatic heterocycles. The van der Waals surface area contributed by atoms with Crippen molar-refractivity contribution in [1.82, 2.24) is 9.88 Å². The van der Waals surface area contributed by atoms with Crippen LogP contribution in [-0.4, -0.2) is 16.4 Å². The Labute approximate surface area is 179 Å². The maximum absolute atomic E-state index is 14.7. The number of rotatable bonds is 3. The van der Waals surface area contributed by atoms with Crippen LogP contribution < -0.4 is 21.3 Å². The molecule has 3 aromatic rings. The van der Waals surface area contributed by atoms with Crippen molar-refractivity contribution in [1.29, 1.82) is 0 Å². The molecule has 7 nitrogen and oxygen atoms in total. The van der Waals surface area contributed by atoms with Crippen molar-refractivity contribution in [2.24, 2.45) is 0 Å². The Kier molecular flexibility index (Phi) is 4.91. The van der Waals surface area contributed by atoms with Crippen molar-refractivity contribution >= 4 is 17.6 Å². The number of imide groups is 1. The third-order valence-electron chi connectivity index (χ3n) is 4.66. The Bertz CT molecular complexity index is 1390. The number of aromatic nitrogens is 1. The van der Waals surface area contributed by atoms with Crippen LogP contribution in [0.1, 0.15) is 26.3 Å². The lowest BCUT2D eigenvalue weighted by atomic mass is 10.1. The summed E-state index contributed by atoms with van der Waals surface area (Å²) in [4.78, 5) is 36.4. The number of pyridine rings is 1. The van der Waals surface area contributed by atoms with Crippen LogP contribution in [0.4, 0.5) is 32.2 Å². The molecule has 0 spiro atoms. The van der Waals surface area contributed by atoms with Crippen LogP contribution in [0.25, 0.3) is 5.69 Å². The van der Waals surface area contributed by atoms with Crippen molar-refractivity contribution in [3.63, 3.8) is 0 Å². The standard InChI is InChI=1S/C20H9F6N3O4/c21-9-2-1-3-12(33-16-10(22)4-7(5-11(16)23)20(24,25)26)15(9)29-13(30)6-8-14(17(29)27)19(32)28-18(8)31/h1-6H,27H2,(H,28,31,32). The predicted molar refractivity (Wildman–Crippen MR) is 99.6 cm³/mol. The maximum Gasteiger partial charge on any atom is 0.416 e. The number of hydrogen-bond acceptors (Lipinski definition) is 5. The van der Waals surface area contributed by atoms with E-state index >= 15 is 0 Å². The number of carbonyl (C=O) groups is 2. The van der Waals surface area contributed by atoms with Gasteiger partial charge in [0.2, 0.25) is 0 Å². The van der Waals surface area contributed by atoms with E-state index in [2.05, 4.69) is 0 Å². The number of alkyl halides is 3. The van der Waals surface area contributed by atoms with Crippen LogP contribution in [0.3, 0.4) is 0 Å². The minimum absolute atomic E-state index is 0.0245. The fraction of sp³-hybridized carbons (Fsp3) is 0.0500. The zero-order valence-electron chi connectivity index (χ0n) is 15.9. The van der Waals surface area contributed by atoms with Crippen LogP contribution in [0.2, 0.25) is 0 Å². The minimum Gasteiger partial charge on any atom is -0.449 e. The second kappa shape index (κ2) is 7.39. The van der Waals surface area contributed by atoms with E-state index in [1.165, 1.54) is 0 Å². The Hall–Kier alpha value is -4.29. The molecule has 13 heteroatoms. The van der Waals surface area contributed by atoms with Gasteiger partial charge in [-0.2, -0.15) is 13.2 Å². The van der Waals surface area contributed by atoms with Crippen LogP contribution in [-0.2, 0) is 6.18 Å². The molecular weight excluding hydrogens is 460 g/mol. The zero-order valence-corrected chi connectivity index (χ0v) is 15.9. The van der Waals surface area contributed by atoms with E-state index < -0.39 is 75.1 Å². The number of hydrogen-bond donors (Lipinski definition) is 2. The van der Waals surface area contributed by atoms with Crippen molar-refractivity contribution in [3.05, 3.63) is 80.9 Å². The highest BCUT2D eigenvalue weighted by Gasteiger charge is 2.35. The predicted octanol–water partition coefficient (Wildman–Crippen LogP) is 3.53. The van der Waals surface area contributed by atoms with E-state index in [4.69, 9.17) is 10.5 Å².